The lowest BCUT2D eigenvalue weighted by molar-refractivity contribution is -0.144. The zero-order chi connectivity index (χ0) is 23.7. The van der Waals surface area contributed by atoms with Gasteiger partial charge in [-0.05, 0) is 44.2 Å². The minimum absolute atomic E-state index is 0.104. The molecule has 0 unspecified atom stereocenters. The van der Waals surface area contributed by atoms with E-state index in [2.05, 4.69) is 19.1 Å². The van der Waals surface area contributed by atoms with Crippen molar-refractivity contribution in [2.45, 2.75) is 122 Å². The molecule has 0 atom stereocenters. The molecule has 3 heteroatoms. The number of benzene rings is 1. The van der Waals surface area contributed by atoms with Gasteiger partial charge in [0.2, 0.25) is 0 Å². The number of ether oxygens (including phenoxy) is 2. The second-order valence-corrected chi connectivity index (χ2v) is 9.13. The summed E-state index contributed by atoms with van der Waals surface area (Å²) in [4.78, 5) is 11.8. The van der Waals surface area contributed by atoms with E-state index in [1.54, 1.807) is 0 Å². The van der Waals surface area contributed by atoms with Crippen molar-refractivity contribution in [3.05, 3.63) is 42.5 Å². The summed E-state index contributed by atoms with van der Waals surface area (Å²) in [7, 11) is 0. The lowest BCUT2D eigenvalue weighted by Crippen LogP contribution is -2.11. The fraction of sp³-hybridized carbons (Fsp3) is 0.700. The zero-order valence-corrected chi connectivity index (χ0v) is 21.4. The first-order valence-electron chi connectivity index (χ1n) is 13.8. The highest BCUT2D eigenvalue weighted by molar-refractivity contribution is 5.69. The number of allylic oxidation sites excluding steroid dienone is 2. The molecule has 0 aromatic heterocycles. The summed E-state index contributed by atoms with van der Waals surface area (Å²) in [6.45, 7) is 3.01. The second-order valence-electron chi connectivity index (χ2n) is 9.13. The molecule has 1 aromatic rings. The molecule has 0 N–H and O–H groups in total. The average Bonchev–Trinajstić information content (AvgIpc) is 2.84. The number of rotatable bonds is 23. The quantitative estimate of drug-likeness (QED) is 0.0931. The van der Waals surface area contributed by atoms with Crippen LogP contribution in [-0.4, -0.2) is 19.2 Å². The summed E-state index contributed by atoms with van der Waals surface area (Å²) in [5.41, 5.74) is 0. The van der Waals surface area contributed by atoms with Crippen LogP contribution in [0, 0.1) is 0 Å². The summed E-state index contributed by atoms with van der Waals surface area (Å²) in [5.74, 6) is 0.705. The summed E-state index contributed by atoms with van der Waals surface area (Å²) in [6.07, 6.45) is 27.5. The zero-order valence-electron chi connectivity index (χ0n) is 21.4. The van der Waals surface area contributed by atoms with Crippen LogP contribution in [0.2, 0.25) is 0 Å². The van der Waals surface area contributed by atoms with E-state index in [0.29, 0.717) is 19.6 Å². The molecule has 1 rings (SSSR count). The van der Waals surface area contributed by atoms with Crippen LogP contribution >= 0.6 is 0 Å². The van der Waals surface area contributed by atoms with Gasteiger partial charge in [0.1, 0.15) is 19.0 Å². The van der Waals surface area contributed by atoms with Gasteiger partial charge >= 0.3 is 5.97 Å². The summed E-state index contributed by atoms with van der Waals surface area (Å²) < 4.78 is 10.8. The van der Waals surface area contributed by atoms with Gasteiger partial charge in [-0.3, -0.25) is 4.79 Å². The van der Waals surface area contributed by atoms with E-state index in [9.17, 15) is 4.79 Å². The predicted molar refractivity (Wildman–Crippen MR) is 141 cm³/mol. The maximum absolute atomic E-state index is 11.8. The molecule has 0 saturated heterocycles. The Morgan fingerprint density at radius 3 is 1.76 bits per heavy atom. The van der Waals surface area contributed by atoms with E-state index in [1.807, 2.05) is 30.3 Å². The summed E-state index contributed by atoms with van der Waals surface area (Å²) in [5, 5.41) is 0. The Kier molecular flexibility index (Phi) is 20.7. The van der Waals surface area contributed by atoms with Crippen molar-refractivity contribution < 1.29 is 14.3 Å². The monoisotopic (exact) mass is 458 g/mol. The fourth-order valence-electron chi connectivity index (χ4n) is 3.95. The van der Waals surface area contributed by atoms with Crippen molar-refractivity contribution in [1.82, 2.24) is 0 Å². The van der Waals surface area contributed by atoms with Gasteiger partial charge in [0, 0.05) is 6.42 Å². The van der Waals surface area contributed by atoms with E-state index in [1.165, 1.54) is 96.3 Å². The third-order valence-corrected chi connectivity index (χ3v) is 6.00. The minimum Gasteiger partial charge on any atom is -0.490 e. The van der Waals surface area contributed by atoms with Crippen molar-refractivity contribution >= 4 is 5.97 Å². The Hall–Kier alpha value is -1.77. The molecule has 0 aliphatic carbocycles. The molecular weight excluding hydrogens is 408 g/mol. The second kappa shape index (κ2) is 23.4. The van der Waals surface area contributed by atoms with Crippen molar-refractivity contribution in [2.75, 3.05) is 13.2 Å². The largest absolute Gasteiger partial charge is 0.490 e. The van der Waals surface area contributed by atoms with Crippen LogP contribution in [0.4, 0.5) is 0 Å². The molecule has 1 aromatic carbocycles. The first-order chi connectivity index (χ1) is 16.3. The van der Waals surface area contributed by atoms with E-state index >= 15 is 0 Å². The van der Waals surface area contributed by atoms with Crippen molar-refractivity contribution in [1.29, 1.82) is 0 Å². The van der Waals surface area contributed by atoms with E-state index < -0.39 is 0 Å². The Morgan fingerprint density at radius 1 is 0.667 bits per heavy atom. The Morgan fingerprint density at radius 2 is 1.18 bits per heavy atom. The van der Waals surface area contributed by atoms with Crippen LogP contribution in [0.15, 0.2) is 42.5 Å². The number of para-hydroxylation sites is 1. The predicted octanol–water partition coefficient (Wildman–Crippen LogP) is 9.21. The minimum atomic E-state index is -0.104. The van der Waals surface area contributed by atoms with Gasteiger partial charge in [0.25, 0.3) is 0 Å². The average molecular weight is 459 g/mol. The maximum Gasteiger partial charge on any atom is 0.305 e. The van der Waals surface area contributed by atoms with Gasteiger partial charge in [-0.25, -0.2) is 0 Å². The van der Waals surface area contributed by atoms with Crippen LogP contribution in [-0.2, 0) is 9.53 Å². The van der Waals surface area contributed by atoms with Crippen LogP contribution < -0.4 is 4.74 Å². The molecule has 0 saturated carbocycles. The highest BCUT2D eigenvalue weighted by Crippen LogP contribution is 2.13. The van der Waals surface area contributed by atoms with Crippen molar-refractivity contribution in [3.63, 3.8) is 0 Å². The molecule has 0 heterocycles. The fourth-order valence-corrected chi connectivity index (χ4v) is 3.95. The Balaban J connectivity index is 1.74. The van der Waals surface area contributed by atoms with Gasteiger partial charge < -0.3 is 9.47 Å². The Bertz CT molecular complexity index is 567. The van der Waals surface area contributed by atoms with Gasteiger partial charge in [-0.2, -0.15) is 0 Å². The van der Waals surface area contributed by atoms with E-state index in [0.717, 1.165) is 18.6 Å². The van der Waals surface area contributed by atoms with Gasteiger partial charge in [0.15, 0.2) is 0 Å². The molecule has 0 bridgehead atoms. The summed E-state index contributed by atoms with van der Waals surface area (Å²) in [6, 6.07) is 9.61. The molecule has 33 heavy (non-hydrogen) atoms. The lowest BCUT2D eigenvalue weighted by atomic mass is 10.1. The Labute approximate surface area is 204 Å². The van der Waals surface area contributed by atoms with E-state index in [-0.39, 0.29) is 5.97 Å². The van der Waals surface area contributed by atoms with Gasteiger partial charge in [-0.1, -0.05) is 114 Å². The molecule has 188 valence electrons. The number of carbonyl (C=O) groups excluding carboxylic acids is 1. The normalized spacial score (nSPS) is 11.2. The first-order valence-corrected chi connectivity index (χ1v) is 13.8. The standard InChI is InChI=1S/C30H50O3/c1-2-3-4-5-6-7-8-9-10-11-12-13-14-15-16-17-18-19-23-26-30(31)33-28-27-32-29-24-21-20-22-25-29/h9-10,20-22,24-25H,2-8,11-19,23,26-28H2,1H3/b10-9-. The molecule has 0 aliphatic rings. The van der Waals surface area contributed by atoms with Crippen LogP contribution in [0.1, 0.15) is 122 Å². The number of esters is 1. The highest BCUT2D eigenvalue weighted by atomic mass is 16.6. The molecule has 0 fully saturated rings. The molecule has 0 amide bonds. The number of carbonyl (C=O) groups is 1. The number of unbranched alkanes of at least 4 members (excludes halogenated alkanes) is 15. The SMILES string of the molecule is CCCCCCCC/C=C\CCCCCCCCCCCC(=O)OCCOc1ccccc1. The molecule has 3 nitrogen and oxygen atoms in total. The third kappa shape index (κ3) is 20.6. The van der Waals surface area contributed by atoms with Crippen molar-refractivity contribution in [3.8, 4) is 5.75 Å². The first kappa shape index (κ1) is 29.3. The smallest absolute Gasteiger partial charge is 0.305 e. The van der Waals surface area contributed by atoms with E-state index in [4.69, 9.17) is 9.47 Å². The maximum atomic E-state index is 11.8. The molecular formula is C30H50O3. The topological polar surface area (TPSA) is 35.5 Å². The lowest BCUT2D eigenvalue weighted by Gasteiger charge is -2.07. The highest BCUT2D eigenvalue weighted by Gasteiger charge is 2.03. The van der Waals surface area contributed by atoms with Crippen LogP contribution in [0.5, 0.6) is 5.75 Å². The van der Waals surface area contributed by atoms with Crippen LogP contribution in [0.25, 0.3) is 0 Å². The van der Waals surface area contributed by atoms with Gasteiger partial charge in [0.05, 0.1) is 0 Å². The number of hydrogen-bond donors (Lipinski definition) is 0. The number of hydrogen-bond acceptors (Lipinski definition) is 3. The van der Waals surface area contributed by atoms with Gasteiger partial charge in [-0.15, -0.1) is 0 Å². The third-order valence-electron chi connectivity index (χ3n) is 6.00. The molecule has 0 spiro atoms. The van der Waals surface area contributed by atoms with Crippen molar-refractivity contribution in [2.24, 2.45) is 0 Å². The summed E-state index contributed by atoms with van der Waals surface area (Å²) >= 11 is 0. The van der Waals surface area contributed by atoms with Crippen LogP contribution in [0.3, 0.4) is 0 Å². The molecule has 0 radical (unpaired) electrons. The molecule has 0 aliphatic heterocycles.